The third-order valence-electron chi connectivity index (χ3n) is 2.30. The molecule has 1 aromatic carbocycles. The summed E-state index contributed by atoms with van der Waals surface area (Å²) in [7, 11) is 2.98. The summed E-state index contributed by atoms with van der Waals surface area (Å²) in [5.74, 6) is -0.0702. The molecule has 1 aromatic rings. The molecule has 0 spiro atoms. The van der Waals surface area contributed by atoms with Gasteiger partial charge in [0.25, 0.3) is 0 Å². The Morgan fingerprint density at radius 2 is 2.06 bits per heavy atom. The Balaban J connectivity index is 3.31. The molecule has 0 unspecified atom stereocenters. The van der Waals surface area contributed by atoms with E-state index in [1.165, 1.54) is 20.3 Å². The van der Waals surface area contributed by atoms with Crippen LogP contribution in [0.1, 0.15) is 22.8 Å². The number of carbonyl (C=O) groups is 1. The number of alkyl halides is 1. The minimum absolute atomic E-state index is 0.113. The predicted molar refractivity (Wildman–Crippen MR) is 65.5 cm³/mol. The van der Waals surface area contributed by atoms with Gasteiger partial charge < -0.3 is 14.6 Å². The summed E-state index contributed by atoms with van der Waals surface area (Å²) < 4.78 is 10.3. The fraction of sp³-hybridized carbons (Fsp3) is 0.417. The number of carboxylic acid groups (broad SMARTS) is 1. The number of methoxy groups -OCH3 is 2. The lowest BCUT2D eigenvalue weighted by Gasteiger charge is -2.14. The van der Waals surface area contributed by atoms with Gasteiger partial charge in [0.15, 0.2) is 11.5 Å². The van der Waals surface area contributed by atoms with Crippen LogP contribution in [-0.2, 0) is 6.42 Å². The normalized spacial score (nSPS) is 12.0. The average molecular weight is 259 g/mol. The largest absolute Gasteiger partial charge is 0.493 e. The van der Waals surface area contributed by atoms with Crippen molar-refractivity contribution in [1.29, 1.82) is 0 Å². The zero-order valence-corrected chi connectivity index (χ0v) is 10.7. The van der Waals surface area contributed by atoms with E-state index in [0.717, 1.165) is 5.56 Å². The molecular weight excluding hydrogens is 244 g/mol. The summed E-state index contributed by atoms with van der Waals surface area (Å²) >= 11 is 5.92. The van der Waals surface area contributed by atoms with Gasteiger partial charge in [0.1, 0.15) is 0 Å². The molecule has 5 heteroatoms. The summed E-state index contributed by atoms with van der Waals surface area (Å²) in [6, 6.07) is 2.99. The molecule has 0 saturated carbocycles. The van der Waals surface area contributed by atoms with Crippen LogP contribution in [0.3, 0.4) is 0 Å². The van der Waals surface area contributed by atoms with Gasteiger partial charge in [-0.2, -0.15) is 0 Å². The van der Waals surface area contributed by atoms with Crippen LogP contribution in [0.2, 0.25) is 0 Å². The van der Waals surface area contributed by atoms with Crippen LogP contribution < -0.4 is 9.47 Å². The molecule has 1 rings (SSSR count). The number of hydrogen-bond acceptors (Lipinski definition) is 3. The van der Waals surface area contributed by atoms with Gasteiger partial charge in [-0.25, -0.2) is 4.79 Å². The Hall–Kier alpha value is -1.42. The van der Waals surface area contributed by atoms with Gasteiger partial charge in [-0.1, -0.05) is 0 Å². The highest BCUT2D eigenvalue weighted by Crippen LogP contribution is 2.33. The first-order valence-corrected chi connectivity index (χ1v) is 5.55. The topological polar surface area (TPSA) is 55.8 Å². The first kappa shape index (κ1) is 13.6. The molecular formula is C12H15ClO4. The van der Waals surface area contributed by atoms with Crippen molar-refractivity contribution in [2.75, 3.05) is 14.2 Å². The van der Waals surface area contributed by atoms with Crippen molar-refractivity contribution in [2.45, 2.75) is 18.7 Å². The molecule has 0 saturated heterocycles. The summed E-state index contributed by atoms with van der Waals surface area (Å²) in [4.78, 5) is 11.0. The highest BCUT2D eigenvalue weighted by Gasteiger charge is 2.16. The average Bonchev–Trinajstić information content (AvgIpc) is 2.26. The van der Waals surface area contributed by atoms with E-state index in [9.17, 15) is 4.79 Å². The molecule has 0 aliphatic carbocycles. The fourth-order valence-corrected chi connectivity index (χ4v) is 1.79. The van der Waals surface area contributed by atoms with Gasteiger partial charge in [0, 0.05) is 10.9 Å². The maximum atomic E-state index is 11.0. The Morgan fingerprint density at radius 1 is 1.41 bits per heavy atom. The minimum atomic E-state index is -1.01. The van der Waals surface area contributed by atoms with Crippen LogP contribution in [-0.4, -0.2) is 30.7 Å². The molecule has 0 bridgehead atoms. The zero-order chi connectivity index (χ0) is 13.0. The van der Waals surface area contributed by atoms with E-state index in [0.29, 0.717) is 17.9 Å². The lowest BCUT2D eigenvalue weighted by Crippen LogP contribution is -2.05. The van der Waals surface area contributed by atoms with Crippen molar-refractivity contribution < 1.29 is 19.4 Å². The number of benzene rings is 1. The second-order valence-corrected chi connectivity index (χ2v) is 4.41. The van der Waals surface area contributed by atoms with Crippen molar-refractivity contribution in [3.05, 3.63) is 23.3 Å². The van der Waals surface area contributed by atoms with Crippen LogP contribution in [0, 0.1) is 0 Å². The van der Waals surface area contributed by atoms with Crippen molar-refractivity contribution in [3.8, 4) is 11.5 Å². The van der Waals surface area contributed by atoms with Gasteiger partial charge in [-0.15, -0.1) is 11.6 Å². The van der Waals surface area contributed by atoms with Gasteiger partial charge in [-0.3, -0.25) is 0 Å². The van der Waals surface area contributed by atoms with E-state index in [4.69, 9.17) is 26.2 Å². The fourth-order valence-electron chi connectivity index (χ4n) is 1.62. The van der Waals surface area contributed by atoms with Gasteiger partial charge in [0.05, 0.1) is 19.8 Å². The molecule has 94 valence electrons. The van der Waals surface area contributed by atoms with E-state index in [2.05, 4.69) is 0 Å². The Kier molecular flexibility index (Phi) is 4.63. The third kappa shape index (κ3) is 3.27. The molecule has 0 aliphatic rings. The molecule has 1 N–H and O–H groups in total. The van der Waals surface area contributed by atoms with E-state index in [1.807, 2.05) is 6.92 Å². The molecule has 0 heterocycles. The summed E-state index contributed by atoms with van der Waals surface area (Å²) in [5.41, 5.74) is 0.890. The molecule has 0 aromatic heterocycles. The number of rotatable bonds is 5. The van der Waals surface area contributed by atoms with Crippen molar-refractivity contribution >= 4 is 17.6 Å². The van der Waals surface area contributed by atoms with Gasteiger partial charge in [-0.05, 0) is 25.5 Å². The van der Waals surface area contributed by atoms with Crippen molar-refractivity contribution in [2.24, 2.45) is 0 Å². The predicted octanol–water partition coefficient (Wildman–Crippen LogP) is 2.57. The molecule has 0 radical (unpaired) electrons. The first-order chi connectivity index (χ1) is 7.99. The summed E-state index contributed by atoms with van der Waals surface area (Å²) in [6.45, 7) is 1.83. The van der Waals surface area contributed by atoms with Crippen molar-refractivity contribution in [3.63, 3.8) is 0 Å². The maximum absolute atomic E-state index is 11.0. The minimum Gasteiger partial charge on any atom is -0.493 e. The highest BCUT2D eigenvalue weighted by molar-refractivity contribution is 6.20. The van der Waals surface area contributed by atoms with Crippen LogP contribution in [0.15, 0.2) is 12.1 Å². The highest BCUT2D eigenvalue weighted by atomic mass is 35.5. The smallest absolute Gasteiger partial charge is 0.335 e. The standard InChI is InChI=1S/C12H15ClO4/c1-7(13)4-8-5-9(12(14)15)6-10(16-2)11(8)17-3/h5-7H,4H2,1-3H3,(H,14,15)/t7-/m1/s1. The van der Waals surface area contributed by atoms with E-state index >= 15 is 0 Å². The number of halogens is 1. The molecule has 0 fully saturated rings. The number of ether oxygens (including phenoxy) is 2. The van der Waals surface area contributed by atoms with E-state index in [1.54, 1.807) is 6.07 Å². The lowest BCUT2D eigenvalue weighted by atomic mass is 10.0. The van der Waals surface area contributed by atoms with Gasteiger partial charge in [0.2, 0.25) is 0 Å². The van der Waals surface area contributed by atoms with E-state index < -0.39 is 5.97 Å². The number of carboxylic acids is 1. The molecule has 4 nitrogen and oxygen atoms in total. The first-order valence-electron chi connectivity index (χ1n) is 5.11. The van der Waals surface area contributed by atoms with Crippen LogP contribution >= 0.6 is 11.6 Å². The van der Waals surface area contributed by atoms with Gasteiger partial charge >= 0.3 is 5.97 Å². The SMILES string of the molecule is COc1cc(C(=O)O)cc(C[C@@H](C)Cl)c1OC. The van der Waals surface area contributed by atoms with Crippen LogP contribution in [0.25, 0.3) is 0 Å². The monoisotopic (exact) mass is 258 g/mol. The lowest BCUT2D eigenvalue weighted by molar-refractivity contribution is 0.0696. The second-order valence-electron chi connectivity index (χ2n) is 3.66. The van der Waals surface area contributed by atoms with Crippen LogP contribution in [0.4, 0.5) is 0 Å². The molecule has 0 amide bonds. The third-order valence-corrected chi connectivity index (χ3v) is 2.46. The maximum Gasteiger partial charge on any atom is 0.335 e. The Morgan fingerprint density at radius 3 is 2.47 bits per heavy atom. The Labute approximate surface area is 105 Å². The van der Waals surface area contributed by atoms with E-state index in [-0.39, 0.29) is 10.9 Å². The quantitative estimate of drug-likeness (QED) is 0.825. The second kappa shape index (κ2) is 5.77. The molecule has 0 aliphatic heterocycles. The Bertz CT molecular complexity index is 415. The number of hydrogen-bond donors (Lipinski definition) is 1. The number of aromatic carboxylic acids is 1. The summed E-state index contributed by atoms with van der Waals surface area (Å²) in [5, 5.41) is 8.88. The van der Waals surface area contributed by atoms with Crippen molar-refractivity contribution in [1.82, 2.24) is 0 Å². The summed E-state index contributed by atoms with van der Waals surface area (Å²) in [6.07, 6.45) is 0.516. The zero-order valence-electron chi connectivity index (χ0n) is 9.99. The molecule has 17 heavy (non-hydrogen) atoms. The van der Waals surface area contributed by atoms with Crippen LogP contribution in [0.5, 0.6) is 11.5 Å². The molecule has 1 atom stereocenters.